The van der Waals surface area contributed by atoms with Gasteiger partial charge in [-0.1, -0.05) is 0 Å². The Morgan fingerprint density at radius 1 is 0.370 bits per heavy atom. The van der Waals surface area contributed by atoms with Crippen molar-refractivity contribution in [2.24, 2.45) is 0 Å². The zero-order chi connectivity index (χ0) is 19.4. The summed E-state index contributed by atoms with van der Waals surface area (Å²) < 4.78 is 28.0. The van der Waals surface area contributed by atoms with E-state index in [4.69, 9.17) is 23.7 Å². The molecule has 0 aromatic heterocycles. The number of ether oxygens (including phenoxy) is 5. The minimum atomic E-state index is 0.640. The second-order valence-corrected chi connectivity index (χ2v) is 7.08. The fourth-order valence-electron chi connectivity index (χ4n) is 2.83. The van der Waals surface area contributed by atoms with Gasteiger partial charge in [0.2, 0.25) is 0 Å². The van der Waals surface area contributed by atoms with Gasteiger partial charge in [-0.3, -0.25) is 0 Å². The molecular formula is C20H42N2O5. The van der Waals surface area contributed by atoms with Crippen molar-refractivity contribution in [3.63, 3.8) is 0 Å². The second kappa shape index (κ2) is 19.1. The summed E-state index contributed by atoms with van der Waals surface area (Å²) in [6.45, 7) is 11.3. The zero-order valence-electron chi connectivity index (χ0n) is 17.7. The van der Waals surface area contributed by atoms with Crippen LogP contribution in [0.15, 0.2) is 0 Å². The molecule has 0 unspecified atom stereocenters. The van der Waals surface area contributed by atoms with Crippen molar-refractivity contribution in [2.45, 2.75) is 25.7 Å². The minimum absolute atomic E-state index is 0.640. The molecule has 0 atom stereocenters. The van der Waals surface area contributed by atoms with Crippen molar-refractivity contribution in [1.82, 2.24) is 9.80 Å². The summed E-state index contributed by atoms with van der Waals surface area (Å²) in [7, 11) is 4.30. The van der Waals surface area contributed by atoms with Gasteiger partial charge in [0, 0.05) is 52.6 Å². The number of rotatable bonds is 0. The lowest BCUT2D eigenvalue weighted by Crippen LogP contribution is -2.23. The average Bonchev–Trinajstić information content (AvgIpc) is 2.66. The largest absolute Gasteiger partial charge is 0.379 e. The Morgan fingerprint density at radius 2 is 0.593 bits per heavy atom. The molecule has 1 aliphatic heterocycles. The highest BCUT2D eigenvalue weighted by Gasteiger charge is 2.01. The van der Waals surface area contributed by atoms with Crippen LogP contribution in [-0.2, 0) is 23.7 Å². The SMILES string of the molecule is CN1CCCOCCOCCCN(C)CCCOCCOCCOCCC1. The smallest absolute Gasteiger partial charge is 0.0701 e. The Morgan fingerprint density at radius 3 is 0.852 bits per heavy atom. The molecule has 0 radical (unpaired) electrons. The van der Waals surface area contributed by atoms with E-state index >= 15 is 0 Å². The molecule has 7 nitrogen and oxygen atoms in total. The van der Waals surface area contributed by atoms with E-state index in [1.807, 2.05) is 0 Å². The van der Waals surface area contributed by atoms with E-state index in [1.165, 1.54) is 0 Å². The molecule has 0 spiro atoms. The van der Waals surface area contributed by atoms with Crippen LogP contribution in [0.25, 0.3) is 0 Å². The summed E-state index contributed by atoms with van der Waals surface area (Å²) in [5, 5.41) is 0. The molecule has 0 aliphatic carbocycles. The average molecular weight is 391 g/mol. The Kier molecular flexibility index (Phi) is 17.5. The molecule has 1 fully saturated rings. The molecular weight excluding hydrogens is 348 g/mol. The maximum Gasteiger partial charge on any atom is 0.0701 e. The fourth-order valence-corrected chi connectivity index (χ4v) is 2.83. The van der Waals surface area contributed by atoms with Crippen LogP contribution >= 0.6 is 0 Å². The normalized spacial score (nSPS) is 24.7. The van der Waals surface area contributed by atoms with E-state index in [1.54, 1.807) is 0 Å². The molecule has 0 N–H and O–H groups in total. The monoisotopic (exact) mass is 390 g/mol. The van der Waals surface area contributed by atoms with Crippen LogP contribution in [0.3, 0.4) is 0 Å². The summed E-state index contributed by atoms with van der Waals surface area (Å²) in [6, 6.07) is 0. The molecule has 0 amide bonds. The first-order chi connectivity index (χ1) is 13.3. The molecule has 0 aromatic rings. The maximum absolute atomic E-state index is 5.64. The van der Waals surface area contributed by atoms with Gasteiger partial charge in [0.25, 0.3) is 0 Å². The first-order valence-corrected chi connectivity index (χ1v) is 10.5. The molecule has 0 aromatic carbocycles. The predicted molar refractivity (Wildman–Crippen MR) is 108 cm³/mol. The summed E-state index contributed by atoms with van der Waals surface area (Å²) in [5.74, 6) is 0. The molecule has 0 bridgehead atoms. The Hall–Kier alpha value is -0.280. The molecule has 0 saturated carbocycles. The summed E-state index contributed by atoms with van der Waals surface area (Å²) in [4.78, 5) is 4.66. The van der Waals surface area contributed by atoms with Crippen molar-refractivity contribution in [2.75, 3.05) is 106 Å². The summed E-state index contributed by atoms with van der Waals surface area (Å²) in [6.07, 6.45) is 4.20. The number of hydrogen-bond donors (Lipinski definition) is 0. The van der Waals surface area contributed by atoms with Gasteiger partial charge in [-0.05, 0) is 39.8 Å². The van der Waals surface area contributed by atoms with E-state index in [0.717, 1.165) is 78.3 Å². The van der Waals surface area contributed by atoms with Gasteiger partial charge < -0.3 is 33.5 Å². The van der Waals surface area contributed by atoms with E-state index in [-0.39, 0.29) is 0 Å². The lowest BCUT2D eigenvalue weighted by Gasteiger charge is -2.16. The Labute approximate surface area is 166 Å². The first kappa shape index (κ1) is 24.8. The van der Waals surface area contributed by atoms with E-state index < -0.39 is 0 Å². The van der Waals surface area contributed by atoms with Crippen LogP contribution in [0.4, 0.5) is 0 Å². The Balaban J connectivity index is 2.13. The van der Waals surface area contributed by atoms with Crippen molar-refractivity contribution in [3.8, 4) is 0 Å². The van der Waals surface area contributed by atoms with Crippen LogP contribution < -0.4 is 0 Å². The van der Waals surface area contributed by atoms with Crippen LogP contribution in [0.1, 0.15) is 25.7 Å². The van der Waals surface area contributed by atoms with Gasteiger partial charge in [-0.2, -0.15) is 0 Å². The molecule has 1 aliphatic rings. The molecule has 27 heavy (non-hydrogen) atoms. The van der Waals surface area contributed by atoms with Gasteiger partial charge in [0.05, 0.1) is 39.6 Å². The molecule has 162 valence electrons. The molecule has 1 rings (SSSR count). The van der Waals surface area contributed by atoms with Gasteiger partial charge >= 0.3 is 0 Å². The van der Waals surface area contributed by atoms with Crippen molar-refractivity contribution in [3.05, 3.63) is 0 Å². The molecule has 1 heterocycles. The van der Waals surface area contributed by atoms with Gasteiger partial charge in [-0.25, -0.2) is 0 Å². The van der Waals surface area contributed by atoms with E-state index in [9.17, 15) is 0 Å². The quantitative estimate of drug-likeness (QED) is 0.621. The zero-order valence-corrected chi connectivity index (χ0v) is 17.7. The first-order valence-electron chi connectivity index (χ1n) is 10.5. The third-order valence-corrected chi connectivity index (χ3v) is 4.43. The number of nitrogens with zero attached hydrogens (tertiary/aromatic N) is 2. The minimum Gasteiger partial charge on any atom is -0.379 e. The highest BCUT2D eigenvalue weighted by molar-refractivity contribution is 4.53. The second-order valence-electron chi connectivity index (χ2n) is 7.08. The fraction of sp³-hybridized carbons (Fsp3) is 1.00. The van der Waals surface area contributed by atoms with Crippen LogP contribution in [0.5, 0.6) is 0 Å². The lowest BCUT2D eigenvalue weighted by molar-refractivity contribution is 0.0120. The van der Waals surface area contributed by atoms with Crippen molar-refractivity contribution < 1.29 is 23.7 Å². The van der Waals surface area contributed by atoms with E-state index in [0.29, 0.717) is 39.6 Å². The third kappa shape index (κ3) is 17.5. The maximum atomic E-state index is 5.64. The van der Waals surface area contributed by atoms with Gasteiger partial charge in [0.15, 0.2) is 0 Å². The van der Waals surface area contributed by atoms with Crippen LogP contribution in [0, 0.1) is 0 Å². The molecule has 7 heteroatoms. The van der Waals surface area contributed by atoms with Gasteiger partial charge in [0.1, 0.15) is 0 Å². The number of hydrogen-bond acceptors (Lipinski definition) is 7. The van der Waals surface area contributed by atoms with Crippen molar-refractivity contribution in [1.29, 1.82) is 0 Å². The molecule has 1 saturated heterocycles. The highest BCUT2D eigenvalue weighted by Crippen LogP contribution is 1.95. The standard InChI is InChI=1S/C20H42N2O5/c1-21-7-3-11-23-15-16-24-12-4-8-22(2)10-6-14-26-18-20-27-19-17-25-13-5-9-21/h3-20H2,1-2H3. The third-order valence-electron chi connectivity index (χ3n) is 4.43. The summed E-state index contributed by atoms with van der Waals surface area (Å²) in [5.41, 5.74) is 0. The van der Waals surface area contributed by atoms with Crippen molar-refractivity contribution >= 4 is 0 Å². The van der Waals surface area contributed by atoms with E-state index in [2.05, 4.69) is 23.9 Å². The Bertz CT molecular complexity index is 282. The van der Waals surface area contributed by atoms with Crippen LogP contribution in [0.2, 0.25) is 0 Å². The summed E-state index contributed by atoms with van der Waals surface area (Å²) >= 11 is 0. The predicted octanol–water partition coefficient (Wildman–Crippen LogP) is 1.51. The highest BCUT2D eigenvalue weighted by atomic mass is 16.5. The lowest BCUT2D eigenvalue weighted by atomic mass is 10.3. The van der Waals surface area contributed by atoms with Gasteiger partial charge in [-0.15, -0.1) is 0 Å². The topological polar surface area (TPSA) is 52.6 Å². The van der Waals surface area contributed by atoms with Crippen LogP contribution in [-0.4, -0.2) is 116 Å².